The summed E-state index contributed by atoms with van der Waals surface area (Å²) in [6, 6.07) is 7.92. The minimum atomic E-state index is -1.83. The molecular weight excluding hydrogens is 430 g/mol. The van der Waals surface area contributed by atoms with Crippen LogP contribution in [0.25, 0.3) is 22.3 Å². The number of aryl methyl sites for hydroxylation is 1. The molecule has 7 nitrogen and oxygen atoms in total. The Morgan fingerprint density at radius 2 is 2.03 bits per heavy atom. The van der Waals surface area contributed by atoms with Gasteiger partial charge in [-0.1, -0.05) is 31.8 Å². The van der Waals surface area contributed by atoms with Gasteiger partial charge in [-0.3, -0.25) is 9.69 Å². The van der Waals surface area contributed by atoms with Gasteiger partial charge in [-0.05, 0) is 50.7 Å². The molecule has 0 spiro atoms. The van der Waals surface area contributed by atoms with E-state index in [0.29, 0.717) is 35.6 Å². The number of carbonyl (C=O) groups is 1. The third-order valence-electron chi connectivity index (χ3n) is 6.76. The van der Waals surface area contributed by atoms with Crippen LogP contribution in [-0.2, 0) is 34.7 Å². The Bertz CT molecular complexity index is 1480. The highest BCUT2D eigenvalue weighted by atomic mass is 16.6. The van der Waals surface area contributed by atoms with Crippen molar-refractivity contribution in [1.82, 2.24) is 14.5 Å². The Kier molecular flexibility index (Phi) is 5.31. The van der Waals surface area contributed by atoms with Crippen LogP contribution in [0.1, 0.15) is 48.1 Å². The van der Waals surface area contributed by atoms with Crippen molar-refractivity contribution in [3.63, 3.8) is 0 Å². The Labute approximate surface area is 198 Å². The maximum absolute atomic E-state index is 13.4. The summed E-state index contributed by atoms with van der Waals surface area (Å²) in [6.07, 6.45) is 0.931. The fourth-order valence-electron chi connectivity index (χ4n) is 4.81. The molecule has 0 saturated heterocycles. The molecule has 2 aliphatic heterocycles. The zero-order valence-electron chi connectivity index (χ0n) is 19.9. The minimum absolute atomic E-state index is 0.120. The monoisotopic (exact) mass is 457 g/mol. The Morgan fingerprint density at radius 1 is 1.24 bits per heavy atom. The largest absolute Gasteiger partial charge is 0.458 e. The van der Waals surface area contributed by atoms with Gasteiger partial charge in [-0.2, -0.15) is 0 Å². The van der Waals surface area contributed by atoms with Crippen LogP contribution in [0.2, 0.25) is 0 Å². The average Bonchev–Trinajstić information content (AvgIpc) is 3.18. The predicted molar refractivity (Wildman–Crippen MR) is 129 cm³/mol. The number of cyclic esters (lactones) is 1. The number of pyridine rings is 2. The van der Waals surface area contributed by atoms with E-state index < -0.39 is 11.6 Å². The second-order valence-corrected chi connectivity index (χ2v) is 9.16. The molecule has 1 aromatic carbocycles. The zero-order valence-corrected chi connectivity index (χ0v) is 19.9. The number of aliphatic hydroxyl groups is 1. The predicted octanol–water partition coefficient (Wildman–Crippen LogP) is 2.56. The van der Waals surface area contributed by atoms with Gasteiger partial charge in [0.25, 0.3) is 5.56 Å². The SMILES string of the molecule is CCc1ccc(C#CCN(C)C)c2cc3c(nc12)-c1cc2c(c(=O)n1C3)COC(=O)[C@]2(O)CC. The number of benzene rings is 1. The Balaban J connectivity index is 1.73. The lowest BCUT2D eigenvalue weighted by Crippen LogP contribution is -2.44. The van der Waals surface area contributed by atoms with E-state index >= 15 is 0 Å². The molecule has 0 aliphatic carbocycles. The maximum Gasteiger partial charge on any atom is 0.343 e. The van der Waals surface area contributed by atoms with Crippen molar-refractivity contribution in [2.75, 3.05) is 20.6 Å². The number of rotatable bonds is 3. The van der Waals surface area contributed by atoms with E-state index in [0.717, 1.165) is 34.0 Å². The summed E-state index contributed by atoms with van der Waals surface area (Å²) < 4.78 is 6.82. The van der Waals surface area contributed by atoms with Crippen LogP contribution in [0.4, 0.5) is 0 Å². The summed E-state index contributed by atoms with van der Waals surface area (Å²) in [4.78, 5) is 32.8. The van der Waals surface area contributed by atoms with Crippen LogP contribution in [0.15, 0.2) is 29.1 Å². The van der Waals surface area contributed by atoms with Gasteiger partial charge in [-0.25, -0.2) is 9.78 Å². The summed E-state index contributed by atoms with van der Waals surface area (Å²) in [5.74, 6) is 5.76. The van der Waals surface area contributed by atoms with Crippen molar-refractivity contribution in [3.8, 4) is 23.2 Å². The molecule has 2 aliphatic rings. The molecule has 0 saturated carbocycles. The van der Waals surface area contributed by atoms with Gasteiger partial charge in [0.05, 0.1) is 35.6 Å². The second kappa shape index (κ2) is 8.08. The lowest BCUT2D eigenvalue weighted by Gasteiger charge is -2.31. The fraction of sp³-hybridized carbons (Fsp3) is 0.370. The van der Waals surface area contributed by atoms with E-state index in [1.165, 1.54) is 0 Å². The molecule has 1 N–H and O–H groups in total. The number of esters is 1. The molecule has 0 unspecified atom stereocenters. The summed E-state index contributed by atoms with van der Waals surface area (Å²) in [5, 5.41) is 12.0. The van der Waals surface area contributed by atoms with Crippen molar-refractivity contribution in [2.45, 2.75) is 45.4 Å². The lowest BCUT2D eigenvalue weighted by molar-refractivity contribution is -0.172. The molecule has 0 radical (unpaired) electrons. The van der Waals surface area contributed by atoms with Crippen molar-refractivity contribution >= 4 is 16.9 Å². The molecule has 0 amide bonds. The molecule has 34 heavy (non-hydrogen) atoms. The number of aromatic nitrogens is 2. The van der Waals surface area contributed by atoms with E-state index in [4.69, 9.17) is 9.72 Å². The van der Waals surface area contributed by atoms with Crippen molar-refractivity contribution < 1.29 is 14.6 Å². The van der Waals surface area contributed by atoms with Crippen molar-refractivity contribution in [1.29, 1.82) is 0 Å². The standard InChI is InChI=1S/C27H27N3O4/c1-5-16-9-10-17(8-7-11-29(3)4)19-12-18-14-30-22(24(18)28-23(16)19)13-21-20(25(30)31)15-34-26(32)27(21,33)6-2/h9-10,12-13,33H,5-6,11,14-15H2,1-4H3/t27-/m0/s1. The van der Waals surface area contributed by atoms with Gasteiger partial charge < -0.3 is 14.4 Å². The molecule has 3 aromatic rings. The van der Waals surface area contributed by atoms with Crippen molar-refractivity contribution in [3.05, 3.63) is 62.4 Å². The normalized spacial score (nSPS) is 18.2. The topological polar surface area (TPSA) is 84.7 Å². The summed E-state index contributed by atoms with van der Waals surface area (Å²) in [7, 11) is 3.96. The van der Waals surface area contributed by atoms with Gasteiger partial charge >= 0.3 is 5.97 Å². The van der Waals surface area contributed by atoms with Crippen LogP contribution in [0.5, 0.6) is 0 Å². The van der Waals surface area contributed by atoms with E-state index in [1.54, 1.807) is 17.6 Å². The third-order valence-corrected chi connectivity index (χ3v) is 6.76. The van der Waals surface area contributed by atoms with Gasteiger partial charge in [0, 0.05) is 22.1 Å². The highest BCUT2D eigenvalue weighted by Crippen LogP contribution is 2.39. The average molecular weight is 458 g/mol. The molecule has 2 aromatic heterocycles. The number of carbonyl (C=O) groups excluding carboxylic acids is 1. The van der Waals surface area contributed by atoms with E-state index in [1.807, 2.05) is 25.1 Å². The van der Waals surface area contributed by atoms with Crippen LogP contribution in [0, 0.1) is 11.8 Å². The highest BCUT2D eigenvalue weighted by molar-refractivity contribution is 5.91. The maximum atomic E-state index is 13.4. The zero-order chi connectivity index (χ0) is 24.2. The van der Waals surface area contributed by atoms with Crippen LogP contribution >= 0.6 is 0 Å². The van der Waals surface area contributed by atoms with Crippen molar-refractivity contribution in [2.24, 2.45) is 0 Å². The number of hydrogen-bond acceptors (Lipinski definition) is 6. The molecule has 7 heteroatoms. The molecule has 4 heterocycles. The number of nitrogens with zero attached hydrogens (tertiary/aromatic N) is 3. The number of hydrogen-bond donors (Lipinski definition) is 1. The summed E-state index contributed by atoms with van der Waals surface area (Å²) >= 11 is 0. The molecule has 0 fully saturated rings. The van der Waals surface area contributed by atoms with Crippen LogP contribution in [-0.4, -0.2) is 46.2 Å². The summed E-state index contributed by atoms with van der Waals surface area (Å²) in [6.45, 7) is 4.69. The van der Waals surface area contributed by atoms with Crippen LogP contribution < -0.4 is 5.56 Å². The highest BCUT2D eigenvalue weighted by Gasteiger charge is 2.45. The van der Waals surface area contributed by atoms with E-state index in [2.05, 4.69) is 30.9 Å². The van der Waals surface area contributed by atoms with E-state index in [9.17, 15) is 14.7 Å². The fourth-order valence-corrected chi connectivity index (χ4v) is 4.81. The quantitative estimate of drug-likeness (QED) is 0.376. The smallest absolute Gasteiger partial charge is 0.343 e. The number of ether oxygens (including phenoxy) is 1. The third kappa shape index (κ3) is 3.25. The van der Waals surface area contributed by atoms with Gasteiger partial charge in [0.1, 0.15) is 6.61 Å². The first-order valence-electron chi connectivity index (χ1n) is 11.5. The first kappa shape index (κ1) is 22.3. The molecule has 0 bridgehead atoms. The van der Waals surface area contributed by atoms with Gasteiger partial charge in [0.2, 0.25) is 0 Å². The lowest BCUT2D eigenvalue weighted by atomic mass is 9.86. The summed E-state index contributed by atoms with van der Waals surface area (Å²) in [5.41, 5.74) is 3.69. The molecule has 5 rings (SSSR count). The van der Waals surface area contributed by atoms with Crippen LogP contribution in [0.3, 0.4) is 0 Å². The van der Waals surface area contributed by atoms with Gasteiger partial charge in [-0.15, -0.1) is 0 Å². The Morgan fingerprint density at radius 3 is 2.74 bits per heavy atom. The molecule has 1 atom stereocenters. The second-order valence-electron chi connectivity index (χ2n) is 9.16. The Hall–Kier alpha value is -3.47. The molecule has 174 valence electrons. The molecular formula is C27H27N3O4. The first-order chi connectivity index (χ1) is 16.3. The van der Waals surface area contributed by atoms with Gasteiger partial charge in [0.15, 0.2) is 5.60 Å². The number of fused-ring (bicyclic) bond motifs is 5. The first-order valence-corrected chi connectivity index (χ1v) is 11.5. The van der Waals surface area contributed by atoms with E-state index in [-0.39, 0.29) is 18.6 Å². The minimum Gasteiger partial charge on any atom is -0.458 e.